The number of rotatable bonds is 5. The molecule has 2 aromatic rings. The van der Waals surface area contributed by atoms with E-state index in [1.165, 1.54) is 7.05 Å². The second-order valence-corrected chi connectivity index (χ2v) is 5.15. The lowest BCUT2D eigenvalue weighted by Gasteiger charge is -2.08. The highest BCUT2D eigenvalue weighted by atomic mass is 35.5. The maximum atomic E-state index is 9.53. The molecule has 0 spiro atoms. The Morgan fingerprint density at radius 2 is 1.87 bits per heavy atom. The lowest BCUT2D eigenvalue weighted by Crippen LogP contribution is -1.96. The number of aliphatic hydroxyl groups excluding tert-OH is 1. The Balaban J connectivity index is 0.00000127. The van der Waals surface area contributed by atoms with Crippen LogP contribution in [-0.4, -0.2) is 25.9 Å². The number of hydrogen-bond donors (Lipinski definition) is 3. The Morgan fingerprint density at radius 3 is 2.39 bits per heavy atom. The van der Waals surface area contributed by atoms with Crippen LogP contribution in [0.3, 0.4) is 0 Å². The smallest absolute Gasteiger partial charge is 0.118 e. The van der Waals surface area contributed by atoms with Gasteiger partial charge in [-0.25, -0.2) is 0 Å². The first kappa shape index (κ1) is 19.0. The van der Waals surface area contributed by atoms with E-state index in [0.717, 1.165) is 28.1 Å². The van der Waals surface area contributed by atoms with Crippen LogP contribution in [0.1, 0.15) is 11.1 Å². The zero-order valence-corrected chi connectivity index (χ0v) is 14.4. The third-order valence-electron chi connectivity index (χ3n) is 3.09. The van der Waals surface area contributed by atoms with Crippen LogP contribution < -0.4 is 15.8 Å². The van der Waals surface area contributed by atoms with E-state index in [2.05, 4.69) is 11.1 Å². The van der Waals surface area contributed by atoms with Crippen molar-refractivity contribution in [2.45, 2.75) is 6.92 Å². The number of hydrogen-bond acceptors (Lipinski definition) is 4. The van der Waals surface area contributed by atoms with Gasteiger partial charge in [-0.15, -0.1) is 0 Å². The Labute approximate surface area is 142 Å². The van der Waals surface area contributed by atoms with E-state index in [4.69, 9.17) is 16.3 Å². The maximum absolute atomic E-state index is 9.53. The number of nitrogens with one attached hydrogen (secondary N) is 1. The molecule has 0 unspecified atom stereocenters. The van der Waals surface area contributed by atoms with Gasteiger partial charge in [0.15, 0.2) is 0 Å². The van der Waals surface area contributed by atoms with Crippen molar-refractivity contribution >= 4 is 22.9 Å². The molecule has 0 atom stereocenters. The molecule has 23 heavy (non-hydrogen) atoms. The van der Waals surface area contributed by atoms with Crippen molar-refractivity contribution in [3.63, 3.8) is 0 Å². The summed E-state index contributed by atoms with van der Waals surface area (Å²) in [5.74, 6) is 0.787. The number of ether oxygens (including phenoxy) is 1. The molecule has 124 valence electrons. The fourth-order valence-corrected chi connectivity index (χ4v) is 2.31. The van der Waals surface area contributed by atoms with Crippen LogP contribution in [0, 0.1) is 6.92 Å². The van der Waals surface area contributed by atoms with E-state index in [0.29, 0.717) is 5.02 Å². The lowest BCUT2D eigenvalue weighted by molar-refractivity contribution is 0.350. The van der Waals surface area contributed by atoms with Crippen molar-refractivity contribution < 1.29 is 9.84 Å². The minimum Gasteiger partial charge on any atom is -0.497 e. The summed E-state index contributed by atoms with van der Waals surface area (Å²) >= 11 is 6.03. The van der Waals surface area contributed by atoms with Crippen molar-refractivity contribution in [2.24, 2.45) is 5.73 Å². The number of halogens is 1. The average Bonchev–Trinajstić information content (AvgIpc) is 2.57. The molecule has 2 rings (SSSR count). The third-order valence-corrected chi connectivity index (χ3v) is 3.30. The Bertz CT molecular complexity index is 620. The number of anilines is 1. The summed E-state index contributed by atoms with van der Waals surface area (Å²) in [4.78, 5) is 0. The Kier molecular flexibility index (Phi) is 8.19. The van der Waals surface area contributed by atoms with Gasteiger partial charge in [-0.1, -0.05) is 23.7 Å². The Hall–Kier alpha value is -2.01. The van der Waals surface area contributed by atoms with Crippen LogP contribution in [-0.2, 0) is 0 Å². The van der Waals surface area contributed by atoms with Gasteiger partial charge in [0, 0.05) is 22.5 Å². The highest BCUT2D eigenvalue weighted by Crippen LogP contribution is 2.21. The summed E-state index contributed by atoms with van der Waals surface area (Å²) in [6.45, 7) is 1.93. The van der Waals surface area contributed by atoms with Crippen LogP contribution in [0.5, 0.6) is 5.75 Å². The van der Waals surface area contributed by atoms with Gasteiger partial charge in [0.05, 0.1) is 13.7 Å². The van der Waals surface area contributed by atoms with Crippen LogP contribution in [0.25, 0.3) is 5.57 Å². The molecule has 0 aliphatic heterocycles. The van der Waals surface area contributed by atoms with E-state index in [1.807, 2.05) is 49.4 Å². The molecule has 0 saturated carbocycles. The first-order valence-electron chi connectivity index (χ1n) is 7.18. The summed E-state index contributed by atoms with van der Waals surface area (Å²) in [7, 11) is 3.13. The van der Waals surface area contributed by atoms with Gasteiger partial charge in [-0.3, -0.25) is 0 Å². The number of benzene rings is 2. The molecule has 0 aromatic heterocycles. The van der Waals surface area contributed by atoms with Crippen LogP contribution in [0.4, 0.5) is 5.69 Å². The molecule has 0 saturated heterocycles. The highest BCUT2D eigenvalue weighted by Gasteiger charge is 2.02. The SMILES string of the molecule is CN.COc1ccc(/C(=C/Nc2cc(C)cc(Cl)c2)CO)cc1. The van der Waals surface area contributed by atoms with Crippen LogP contribution >= 0.6 is 11.6 Å². The standard InChI is InChI=1S/C17H18ClNO2.CH5N/c1-12-7-15(18)9-16(8-12)19-10-14(11-20)13-3-5-17(21-2)6-4-13;1-2/h3-10,19-20H,11H2,1-2H3;2H2,1H3/b14-10+;. The van der Waals surface area contributed by atoms with E-state index in [9.17, 15) is 5.11 Å². The predicted octanol–water partition coefficient (Wildman–Crippen LogP) is 3.68. The zero-order chi connectivity index (χ0) is 17.2. The molecule has 0 aliphatic rings. The summed E-state index contributed by atoms with van der Waals surface area (Å²) in [5, 5.41) is 13.4. The average molecular weight is 335 g/mol. The van der Waals surface area contributed by atoms with E-state index >= 15 is 0 Å². The Morgan fingerprint density at radius 1 is 1.22 bits per heavy atom. The van der Waals surface area contributed by atoms with Gasteiger partial charge in [0.2, 0.25) is 0 Å². The molecule has 0 amide bonds. The molecular formula is C18H23ClN2O2. The number of methoxy groups -OCH3 is 1. The van der Waals surface area contributed by atoms with Crippen LogP contribution in [0.2, 0.25) is 5.02 Å². The van der Waals surface area contributed by atoms with Gasteiger partial charge in [0.25, 0.3) is 0 Å². The lowest BCUT2D eigenvalue weighted by atomic mass is 10.1. The summed E-state index contributed by atoms with van der Waals surface area (Å²) in [6, 6.07) is 13.3. The van der Waals surface area contributed by atoms with E-state index in [-0.39, 0.29) is 6.61 Å². The molecule has 0 aliphatic carbocycles. The monoisotopic (exact) mass is 334 g/mol. The third kappa shape index (κ3) is 5.94. The fraction of sp³-hybridized carbons (Fsp3) is 0.222. The first-order valence-corrected chi connectivity index (χ1v) is 7.56. The van der Waals surface area contributed by atoms with Crippen molar-refractivity contribution in [3.8, 4) is 5.75 Å². The molecule has 0 bridgehead atoms. The molecule has 0 fully saturated rings. The van der Waals surface area contributed by atoms with Crippen LogP contribution in [0.15, 0.2) is 48.7 Å². The molecule has 5 heteroatoms. The molecule has 2 aromatic carbocycles. The summed E-state index contributed by atoms with van der Waals surface area (Å²) < 4.78 is 5.13. The summed E-state index contributed by atoms with van der Waals surface area (Å²) in [5.41, 5.74) is 8.19. The molecule has 0 heterocycles. The van der Waals surface area contributed by atoms with E-state index < -0.39 is 0 Å². The van der Waals surface area contributed by atoms with E-state index in [1.54, 1.807) is 13.3 Å². The van der Waals surface area contributed by atoms with Gasteiger partial charge < -0.3 is 20.9 Å². The van der Waals surface area contributed by atoms with Crippen molar-refractivity contribution in [3.05, 3.63) is 64.8 Å². The molecule has 4 N–H and O–H groups in total. The van der Waals surface area contributed by atoms with Crippen molar-refractivity contribution in [1.29, 1.82) is 0 Å². The van der Waals surface area contributed by atoms with Gasteiger partial charge in [0.1, 0.15) is 5.75 Å². The van der Waals surface area contributed by atoms with Gasteiger partial charge in [-0.2, -0.15) is 0 Å². The van der Waals surface area contributed by atoms with Crippen molar-refractivity contribution in [2.75, 3.05) is 26.1 Å². The molecule has 0 radical (unpaired) electrons. The second-order valence-electron chi connectivity index (χ2n) is 4.72. The topological polar surface area (TPSA) is 67.5 Å². The summed E-state index contributed by atoms with van der Waals surface area (Å²) in [6.07, 6.45) is 1.78. The predicted molar refractivity (Wildman–Crippen MR) is 98.0 cm³/mol. The van der Waals surface area contributed by atoms with Gasteiger partial charge >= 0.3 is 0 Å². The molecular weight excluding hydrogens is 312 g/mol. The number of nitrogens with two attached hydrogens (primary N) is 1. The number of aryl methyl sites for hydroxylation is 1. The second kappa shape index (κ2) is 9.90. The highest BCUT2D eigenvalue weighted by molar-refractivity contribution is 6.30. The number of aliphatic hydroxyl groups is 1. The minimum absolute atomic E-state index is 0.0567. The molecule has 4 nitrogen and oxygen atoms in total. The van der Waals surface area contributed by atoms with Gasteiger partial charge in [-0.05, 0) is 55.4 Å². The van der Waals surface area contributed by atoms with Crippen molar-refractivity contribution in [1.82, 2.24) is 0 Å². The first-order chi connectivity index (χ1) is 11.1. The quantitative estimate of drug-likeness (QED) is 0.780. The zero-order valence-electron chi connectivity index (χ0n) is 13.6. The fourth-order valence-electron chi connectivity index (χ4n) is 2.02. The minimum atomic E-state index is -0.0567. The largest absolute Gasteiger partial charge is 0.497 e. The maximum Gasteiger partial charge on any atom is 0.118 e. The normalized spacial score (nSPS) is 10.6.